The minimum Gasteiger partial charge on any atom is -0.367 e. The lowest BCUT2D eigenvalue weighted by Crippen LogP contribution is -2.66. The Labute approximate surface area is 106 Å². The van der Waals surface area contributed by atoms with E-state index in [1.54, 1.807) is 0 Å². The predicted octanol–water partition coefficient (Wildman–Crippen LogP) is 3.15. The van der Waals surface area contributed by atoms with E-state index in [1.165, 1.54) is 0 Å². The van der Waals surface area contributed by atoms with E-state index >= 15 is 0 Å². The molecule has 2 nitrogen and oxygen atoms in total. The molecule has 0 fully saturated rings. The molecule has 0 aromatic rings. The van der Waals surface area contributed by atoms with Crippen molar-refractivity contribution in [1.82, 2.24) is 0 Å². The Morgan fingerprint density at radius 2 is 0.905 bits per heavy atom. The molecule has 0 rings (SSSR count). The van der Waals surface area contributed by atoms with E-state index < -0.39 is 42.0 Å². The first kappa shape index (κ1) is 19.8. The highest BCUT2D eigenvalue weighted by molar-refractivity contribution is 5.92. The summed E-state index contributed by atoms with van der Waals surface area (Å²) in [4.78, 5) is 10.6. The number of carbonyl (C=O) groups excluding carboxylic acids is 1. The van der Waals surface area contributed by atoms with Crippen LogP contribution in [-0.4, -0.2) is 41.2 Å². The van der Waals surface area contributed by atoms with E-state index in [0.717, 1.165) is 0 Å². The molecule has 0 aliphatic rings. The molecule has 0 heterocycles. The Kier molecular flexibility index (Phi) is 4.63. The normalized spacial score (nSPS) is 15.5. The zero-order chi connectivity index (χ0) is 17.7. The van der Waals surface area contributed by atoms with Gasteiger partial charge in [-0.15, -0.1) is 0 Å². The maximum absolute atomic E-state index is 12.1. The number of hydrogen-bond donors (Lipinski definition) is 1. The van der Waals surface area contributed by atoms with Gasteiger partial charge in [-0.05, 0) is 0 Å². The Morgan fingerprint density at radius 1 is 0.667 bits per heavy atom. The molecule has 1 N–H and O–H groups in total. The number of ketones is 1. The standard InChI is InChI=1S/C7H2F12O2/c8-4(9,10)1(5(11,12)13)2(20)3(21,6(14,15)16)7(17,18)19/h1,21H. The van der Waals surface area contributed by atoms with Crippen molar-refractivity contribution < 1.29 is 62.6 Å². The summed E-state index contributed by atoms with van der Waals surface area (Å²) in [6, 6.07) is 0. The van der Waals surface area contributed by atoms with Crippen LogP contribution in [0.2, 0.25) is 0 Å². The van der Waals surface area contributed by atoms with E-state index in [-0.39, 0.29) is 0 Å². The van der Waals surface area contributed by atoms with Crippen LogP contribution in [0.1, 0.15) is 0 Å². The van der Waals surface area contributed by atoms with Crippen molar-refractivity contribution in [2.24, 2.45) is 5.92 Å². The van der Waals surface area contributed by atoms with Crippen LogP contribution in [0.25, 0.3) is 0 Å². The van der Waals surface area contributed by atoms with Crippen molar-refractivity contribution in [1.29, 1.82) is 0 Å². The number of aliphatic hydroxyl groups is 1. The number of hydrogen-bond acceptors (Lipinski definition) is 2. The number of carbonyl (C=O) groups is 1. The maximum atomic E-state index is 12.1. The van der Waals surface area contributed by atoms with E-state index in [2.05, 4.69) is 0 Å². The first-order chi connectivity index (χ1) is 8.78. The molecule has 0 spiro atoms. The van der Waals surface area contributed by atoms with Crippen LogP contribution in [0, 0.1) is 5.92 Å². The Bertz CT molecular complexity index is 368. The summed E-state index contributed by atoms with van der Waals surface area (Å²) in [5.74, 6) is -10.2. The first-order valence-corrected chi connectivity index (χ1v) is 4.31. The van der Waals surface area contributed by atoms with Gasteiger partial charge in [0, 0.05) is 0 Å². The summed E-state index contributed by atoms with van der Waals surface area (Å²) >= 11 is 0. The monoisotopic (exact) mass is 346 g/mol. The molecule has 0 atom stereocenters. The fourth-order valence-electron chi connectivity index (χ4n) is 1.13. The molecule has 0 radical (unpaired) electrons. The quantitative estimate of drug-likeness (QED) is 0.780. The number of rotatable bonds is 2. The van der Waals surface area contributed by atoms with E-state index in [4.69, 9.17) is 5.11 Å². The number of Topliss-reactive ketones (excluding diaryl/α,β-unsaturated/α-hetero) is 1. The Balaban J connectivity index is 6.26. The van der Waals surface area contributed by atoms with Gasteiger partial charge in [-0.1, -0.05) is 0 Å². The summed E-state index contributed by atoms with van der Waals surface area (Å²) in [6.45, 7) is 0. The van der Waals surface area contributed by atoms with E-state index in [1.807, 2.05) is 0 Å². The topological polar surface area (TPSA) is 37.3 Å². The molecule has 0 aliphatic heterocycles. The lowest BCUT2D eigenvalue weighted by molar-refractivity contribution is -0.359. The highest BCUT2D eigenvalue weighted by Gasteiger charge is 2.80. The summed E-state index contributed by atoms with van der Waals surface area (Å²) in [7, 11) is 0. The van der Waals surface area contributed by atoms with Gasteiger partial charge in [0.25, 0.3) is 0 Å². The lowest BCUT2D eigenvalue weighted by Gasteiger charge is -2.34. The molecule has 14 heteroatoms. The fourth-order valence-corrected chi connectivity index (χ4v) is 1.13. The highest BCUT2D eigenvalue weighted by Crippen LogP contribution is 2.50. The summed E-state index contributed by atoms with van der Waals surface area (Å²) < 4.78 is 144. The lowest BCUT2D eigenvalue weighted by atomic mass is 9.86. The van der Waals surface area contributed by atoms with Crippen LogP contribution in [0.3, 0.4) is 0 Å². The molecule has 0 saturated heterocycles. The van der Waals surface area contributed by atoms with Gasteiger partial charge in [0.2, 0.25) is 11.7 Å². The van der Waals surface area contributed by atoms with E-state index in [9.17, 15) is 57.5 Å². The largest absolute Gasteiger partial charge is 0.433 e. The molecule has 0 saturated carbocycles. The zero-order valence-corrected chi connectivity index (χ0v) is 8.97. The van der Waals surface area contributed by atoms with Gasteiger partial charge >= 0.3 is 30.3 Å². The molecule has 126 valence electrons. The maximum Gasteiger partial charge on any atom is 0.433 e. The SMILES string of the molecule is O=C(C(C(F)(F)F)C(F)(F)F)C(O)(C(F)(F)F)C(F)(F)F. The molecule has 21 heavy (non-hydrogen) atoms. The van der Waals surface area contributed by atoms with Crippen LogP contribution in [0.4, 0.5) is 52.7 Å². The molecule has 0 unspecified atom stereocenters. The third-order valence-corrected chi connectivity index (χ3v) is 2.09. The van der Waals surface area contributed by atoms with Gasteiger partial charge in [-0.25, -0.2) is 0 Å². The van der Waals surface area contributed by atoms with Crippen LogP contribution in [0.5, 0.6) is 0 Å². The number of halogens is 12. The molecule has 0 aliphatic carbocycles. The van der Waals surface area contributed by atoms with E-state index in [0.29, 0.717) is 0 Å². The summed E-state index contributed by atoms with van der Waals surface area (Å²) in [6.07, 6.45) is -27.9. The third-order valence-electron chi connectivity index (χ3n) is 2.09. The second kappa shape index (κ2) is 4.91. The second-order valence-corrected chi connectivity index (χ2v) is 3.59. The van der Waals surface area contributed by atoms with Gasteiger partial charge in [0.15, 0.2) is 0 Å². The Morgan fingerprint density at radius 3 is 1.05 bits per heavy atom. The zero-order valence-electron chi connectivity index (χ0n) is 8.97. The van der Waals surface area contributed by atoms with Crippen molar-refractivity contribution in [3.63, 3.8) is 0 Å². The first-order valence-electron chi connectivity index (χ1n) is 4.31. The van der Waals surface area contributed by atoms with Crippen molar-refractivity contribution in [2.45, 2.75) is 30.3 Å². The van der Waals surface area contributed by atoms with Crippen LogP contribution in [0.15, 0.2) is 0 Å². The third kappa shape index (κ3) is 3.52. The fraction of sp³-hybridized carbons (Fsp3) is 0.857. The average molecular weight is 346 g/mol. The van der Waals surface area contributed by atoms with Gasteiger partial charge in [-0.2, -0.15) is 52.7 Å². The molecule has 0 aromatic carbocycles. The molecule has 0 amide bonds. The van der Waals surface area contributed by atoms with Crippen LogP contribution in [-0.2, 0) is 4.79 Å². The van der Waals surface area contributed by atoms with Crippen LogP contribution < -0.4 is 0 Å². The number of alkyl halides is 12. The second-order valence-electron chi connectivity index (χ2n) is 3.59. The van der Waals surface area contributed by atoms with Crippen molar-refractivity contribution in [3.8, 4) is 0 Å². The minimum atomic E-state index is -7.14. The van der Waals surface area contributed by atoms with Gasteiger partial charge in [0.1, 0.15) is 0 Å². The summed E-state index contributed by atoms with van der Waals surface area (Å²) in [5.41, 5.74) is -6.81. The summed E-state index contributed by atoms with van der Waals surface area (Å²) in [5, 5.41) is 8.25. The van der Waals surface area contributed by atoms with Crippen molar-refractivity contribution in [2.75, 3.05) is 0 Å². The van der Waals surface area contributed by atoms with Crippen molar-refractivity contribution >= 4 is 5.78 Å². The predicted molar refractivity (Wildman–Crippen MR) is 37.7 cm³/mol. The molecular weight excluding hydrogens is 344 g/mol. The minimum absolute atomic E-state index is 4.53. The van der Waals surface area contributed by atoms with Gasteiger partial charge in [0.05, 0.1) is 0 Å². The molecule has 0 bridgehead atoms. The molecular formula is C7H2F12O2. The average Bonchev–Trinajstić information content (AvgIpc) is 2.07. The van der Waals surface area contributed by atoms with Crippen molar-refractivity contribution in [3.05, 3.63) is 0 Å². The Hall–Kier alpha value is -1.21. The highest BCUT2D eigenvalue weighted by atomic mass is 19.4. The smallest absolute Gasteiger partial charge is 0.367 e. The van der Waals surface area contributed by atoms with Gasteiger partial charge in [-0.3, -0.25) is 4.79 Å². The molecule has 0 aromatic heterocycles. The van der Waals surface area contributed by atoms with Gasteiger partial charge < -0.3 is 5.11 Å². The van der Waals surface area contributed by atoms with Crippen LogP contribution >= 0.6 is 0 Å².